The fourth-order valence-electron chi connectivity index (χ4n) is 4.83. The van der Waals surface area contributed by atoms with Gasteiger partial charge in [-0.2, -0.15) is 4.98 Å². The molecule has 8 heteroatoms. The molecule has 0 unspecified atom stereocenters. The Morgan fingerprint density at radius 3 is 2.48 bits per heavy atom. The van der Waals surface area contributed by atoms with Gasteiger partial charge in [-0.25, -0.2) is 9.78 Å². The average Bonchev–Trinajstić information content (AvgIpc) is 2.95. The third-order valence-corrected chi connectivity index (χ3v) is 7.10. The Balaban J connectivity index is 1.53. The minimum Gasteiger partial charge on any atom is -0.444 e. The maximum absolute atomic E-state index is 13.9. The number of likely N-dealkylation sites (tertiary alicyclic amines) is 1. The van der Waals surface area contributed by atoms with Gasteiger partial charge in [-0.05, 0) is 82.2 Å². The van der Waals surface area contributed by atoms with E-state index in [9.17, 15) is 9.59 Å². The first-order chi connectivity index (χ1) is 19.1. The van der Waals surface area contributed by atoms with E-state index >= 15 is 0 Å². The van der Waals surface area contributed by atoms with Crippen LogP contribution in [0.3, 0.4) is 0 Å². The Morgan fingerprint density at radius 1 is 1.07 bits per heavy atom. The number of hydrogen-bond acceptors (Lipinski definition) is 6. The van der Waals surface area contributed by atoms with Crippen LogP contribution in [0.4, 0.5) is 16.6 Å². The summed E-state index contributed by atoms with van der Waals surface area (Å²) in [5, 5.41) is 3.37. The maximum Gasteiger partial charge on any atom is 0.410 e. The second-order valence-electron chi connectivity index (χ2n) is 11.4. The van der Waals surface area contributed by atoms with Crippen LogP contribution in [0.25, 0.3) is 0 Å². The number of nitrogens with one attached hydrogen (secondary N) is 1. The molecule has 0 aliphatic carbocycles. The number of carbonyl (C=O) groups excluding carboxylic acids is 2. The molecule has 3 aromatic rings. The highest BCUT2D eigenvalue weighted by Crippen LogP contribution is 2.26. The first-order valence-electron chi connectivity index (χ1n) is 14.2. The zero-order chi connectivity index (χ0) is 28.7. The Hall–Kier alpha value is -3.94. The van der Waals surface area contributed by atoms with E-state index in [-0.39, 0.29) is 24.0 Å². The Kier molecular flexibility index (Phi) is 9.40. The summed E-state index contributed by atoms with van der Waals surface area (Å²) in [7, 11) is 0. The molecule has 0 spiro atoms. The number of aromatic nitrogens is 2. The van der Waals surface area contributed by atoms with Gasteiger partial charge < -0.3 is 15.0 Å². The molecule has 1 aromatic heterocycles. The number of amides is 2. The second-order valence-corrected chi connectivity index (χ2v) is 11.4. The summed E-state index contributed by atoms with van der Waals surface area (Å²) < 4.78 is 5.56. The van der Waals surface area contributed by atoms with E-state index in [0.29, 0.717) is 37.0 Å². The first-order valence-corrected chi connectivity index (χ1v) is 14.2. The van der Waals surface area contributed by atoms with Crippen molar-refractivity contribution in [1.29, 1.82) is 0 Å². The quantitative estimate of drug-likeness (QED) is 0.349. The normalized spacial score (nSPS) is 14.9. The molecule has 212 valence electrons. The molecule has 2 amide bonds. The molecule has 2 aromatic carbocycles. The van der Waals surface area contributed by atoms with Crippen molar-refractivity contribution >= 4 is 23.8 Å². The van der Waals surface area contributed by atoms with Gasteiger partial charge in [0.05, 0.1) is 6.04 Å². The van der Waals surface area contributed by atoms with Crippen molar-refractivity contribution in [2.45, 2.75) is 65.5 Å². The largest absolute Gasteiger partial charge is 0.444 e. The molecule has 0 saturated carbocycles. The number of aryl methyl sites for hydroxylation is 1. The molecule has 4 rings (SSSR count). The second kappa shape index (κ2) is 12.9. The highest BCUT2D eigenvalue weighted by molar-refractivity contribution is 6.05. The zero-order valence-electron chi connectivity index (χ0n) is 24.3. The van der Waals surface area contributed by atoms with Crippen LogP contribution < -0.4 is 10.2 Å². The fourth-order valence-corrected chi connectivity index (χ4v) is 4.83. The monoisotopic (exact) mass is 543 g/mol. The standard InChI is InChI=1S/C32H41N5O3/c1-6-24-11-10-14-27(21-24)29(38)37(22-25-16-19-36(20-17-25)31(39)40-32(3,4)5)28-15-18-33-30(35-28)34-23(2)26-12-8-7-9-13-26/h7-15,18,21,23,25H,6,16-17,19-20,22H2,1-5H3,(H,33,34,35)/t23-/m0/s1. The molecule has 8 nitrogen and oxygen atoms in total. The van der Waals surface area contributed by atoms with Crippen LogP contribution >= 0.6 is 0 Å². The van der Waals surface area contributed by atoms with Gasteiger partial charge in [0.25, 0.3) is 5.91 Å². The number of carbonyl (C=O) groups is 2. The molecule has 1 aliphatic heterocycles. The van der Waals surface area contributed by atoms with Gasteiger partial charge in [-0.3, -0.25) is 9.69 Å². The van der Waals surface area contributed by atoms with Crippen LogP contribution in [0.15, 0.2) is 66.9 Å². The summed E-state index contributed by atoms with van der Waals surface area (Å²) in [6, 6.07) is 19.7. The van der Waals surface area contributed by atoms with Crippen molar-refractivity contribution in [3.63, 3.8) is 0 Å². The number of anilines is 2. The Morgan fingerprint density at radius 2 is 1.80 bits per heavy atom. The smallest absolute Gasteiger partial charge is 0.410 e. The summed E-state index contributed by atoms with van der Waals surface area (Å²) in [4.78, 5) is 39.2. The highest BCUT2D eigenvalue weighted by atomic mass is 16.6. The van der Waals surface area contributed by atoms with Crippen LogP contribution in [0, 0.1) is 5.92 Å². The Bertz CT molecular complexity index is 1280. The van der Waals surface area contributed by atoms with Gasteiger partial charge in [0, 0.05) is 31.4 Å². The molecule has 1 N–H and O–H groups in total. The summed E-state index contributed by atoms with van der Waals surface area (Å²) >= 11 is 0. The molecule has 0 radical (unpaired) electrons. The third kappa shape index (κ3) is 7.81. The average molecular weight is 544 g/mol. The summed E-state index contributed by atoms with van der Waals surface area (Å²) in [5.74, 6) is 1.14. The lowest BCUT2D eigenvalue weighted by atomic mass is 9.96. The molecule has 1 saturated heterocycles. The zero-order valence-corrected chi connectivity index (χ0v) is 24.3. The lowest BCUT2D eigenvalue weighted by molar-refractivity contribution is 0.0185. The van der Waals surface area contributed by atoms with E-state index in [1.807, 2.05) is 63.2 Å². The Labute approximate surface area is 237 Å². The number of ether oxygens (including phenoxy) is 1. The van der Waals surface area contributed by atoms with Crippen LogP contribution in [-0.4, -0.2) is 52.1 Å². The van der Waals surface area contributed by atoms with Crippen LogP contribution in [0.5, 0.6) is 0 Å². The summed E-state index contributed by atoms with van der Waals surface area (Å²) in [5.41, 5.74) is 2.34. The van der Waals surface area contributed by atoms with Gasteiger partial charge in [0.15, 0.2) is 0 Å². The molecule has 1 aliphatic rings. The fraction of sp³-hybridized carbons (Fsp3) is 0.438. The van der Waals surface area contributed by atoms with Crippen molar-refractivity contribution in [2.75, 3.05) is 29.9 Å². The molecule has 1 atom stereocenters. The number of hydrogen-bond donors (Lipinski definition) is 1. The first kappa shape index (κ1) is 29.1. The van der Waals surface area contributed by atoms with Crippen molar-refractivity contribution < 1.29 is 14.3 Å². The van der Waals surface area contributed by atoms with Gasteiger partial charge in [0.1, 0.15) is 11.4 Å². The van der Waals surface area contributed by atoms with E-state index in [1.165, 1.54) is 0 Å². The van der Waals surface area contributed by atoms with E-state index in [0.717, 1.165) is 30.4 Å². The molecule has 40 heavy (non-hydrogen) atoms. The van der Waals surface area contributed by atoms with E-state index in [2.05, 4.69) is 36.3 Å². The molecule has 0 bridgehead atoms. The molecular formula is C32H41N5O3. The number of rotatable bonds is 8. The van der Waals surface area contributed by atoms with Crippen molar-refractivity contribution in [2.24, 2.45) is 5.92 Å². The minimum absolute atomic E-state index is 0.000908. The lowest BCUT2D eigenvalue weighted by Crippen LogP contribution is -2.45. The summed E-state index contributed by atoms with van der Waals surface area (Å²) in [6.07, 6.45) is 3.81. The summed E-state index contributed by atoms with van der Waals surface area (Å²) in [6.45, 7) is 11.5. The van der Waals surface area contributed by atoms with Gasteiger partial charge in [0.2, 0.25) is 5.95 Å². The lowest BCUT2D eigenvalue weighted by Gasteiger charge is -2.35. The maximum atomic E-state index is 13.9. The minimum atomic E-state index is -0.527. The number of benzene rings is 2. The molecule has 2 heterocycles. The van der Waals surface area contributed by atoms with E-state index < -0.39 is 5.60 Å². The van der Waals surface area contributed by atoms with Crippen LogP contribution in [-0.2, 0) is 11.2 Å². The predicted octanol–water partition coefficient (Wildman–Crippen LogP) is 6.51. The number of piperidine rings is 1. The van der Waals surface area contributed by atoms with Crippen LogP contribution in [0.2, 0.25) is 0 Å². The SMILES string of the molecule is CCc1cccc(C(=O)N(CC2CCN(C(=O)OC(C)(C)C)CC2)c2ccnc(N[C@@H](C)c3ccccc3)n2)c1. The van der Waals surface area contributed by atoms with E-state index in [4.69, 9.17) is 9.72 Å². The van der Waals surface area contributed by atoms with Crippen molar-refractivity contribution in [1.82, 2.24) is 14.9 Å². The van der Waals surface area contributed by atoms with Gasteiger partial charge in [-0.15, -0.1) is 0 Å². The molecule has 1 fully saturated rings. The van der Waals surface area contributed by atoms with Crippen LogP contribution in [0.1, 0.15) is 75.0 Å². The van der Waals surface area contributed by atoms with E-state index in [1.54, 1.807) is 22.1 Å². The topological polar surface area (TPSA) is 87.7 Å². The van der Waals surface area contributed by atoms with Gasteiger partial charge in [-0.1, -0.05) is 49.4 Å². The highest BCUT2D eigenvalue weighted by Gasteiger charge is 2.30. The predicted molar refractivity (Wildman–Crippen MR) is 159 cm³/mol. The van der Waals surface area contributed by atoms with Crippen molar-refractivity contribution in [3.8, 4) is 0 Å². The van der Waals surface area contributed by atoms with Crippen molar-refractivity contribution in [3.05, 3.63) is 83.6 Å². The molecular weight excluding hydrogens is 502 g/mol. The number of nitrogens with zero attached hydrogens (tertiary/aromatic N) is 4. The van der Waals surface area contributed by atoms with Gasteiger partial charge >= 0.3 is 6.09 Å². The third-order valence-electron chi connectivity index (χ3n) is 7.10.